The topological polar surface area (TPSA) is 219 Å². The summed E-state index contributed by atoms with van der Waals surface area (Å²) in [6, 6.07) is -0.309. The summed E-state index contributed by atoms with van der Waals surface area (Å²) in [5.74, 6) is -10.8. The van der Waals surface area contributed by atoms with Gasteiger partial charge in [0.2, 0.25) is 5.79 Å². The van der Waals surface area contributed by atoms with Crippen LogP contribution in [0.1, 0.15) is 107 Å². The van der Waals surface area contributed by atoms with Gasteiger partial charge in [0.15, 0.2) is 17.8 Å². The van der Waals surface area contributed by atoms with Crippen LogP contribution in [0.4, 0.5) is 0 Å². The summed E-state index contributed by atoms with van der Waals surface area (Å²) in [6.07, 6.45) is -5.31. The molecule has 15 nitrogen and oxygen atoms in total. The zero-order valence-electron chi connectivity index (χ0n) is 34.2. The van der Waals surface area contributed by atoms with E-state index in [1.54, 1.807) is 20.8 Å². The fourth-order valence-corrected chi connectivity index (χ4v) is 13.1. The summed E-state index contributed by atoms with van der Waals surface area (Å²) in [4.78, 5) is 55.6. The second kappa shape index (κ2) is 13.6. The molecule has 0 amide bonds. The van der Waals surface area contributed by atoms with E-state index < -0.39 is 124 Å². The van der Waals surface area contributed by atoms with Gasteiger partial charge in [0.05, 0.1) is 35.1 Å². The average Bonchev–Trinajstić information content (AvgIpc) is 3.40. The summed E-state index contributed by atoms with van der Waals surface area (Å²) < 4.78 is 31.3. The Labute approximate surface area is 328 Å². The number of carbonyl (C=O) groups is 4. The molecule has 316 valence electrons. The van der Waals surface area contributed by atoms with Crippen LogP contribution in [0.25, 0.3) is 0 Å². The summed E-state index contributed by atoms with van der Waals surface area (Å²) in [5, 5.41) is 62.9. The Morgan fingerprint density at radius 1 is 0.929 bits per heavy atom. The van der Waals surface area contributed by atoms with Gasteiger partial charge >= 0.3 is 23.9 Å². The van der Waals surface area contributed by atoms with Crippen LogP contribution in [0.2, 0.25) is 0 Å². The first-order valence-corrected chi connectivity index (χ1v) is 20.7. The van der Waals surface area contributed by atoms with Gasteiger partial charge in [0.1, 0.15) is 17.8 Å². The minimum atomic E-state index is -2.38. The van der Waals surface area contributed by atoms with Crippen LogP contribution >= 0.6 is 0 Å². The molecule has 4 bridgehead atoms. The van der Waals surface area contributed by atoms with Gasteiger partial charge in [-0.1, -0.05) is 34.6 Å². The van der Waals surface area contributed by atoms with Crippen molar-refractivity contribution >= 4 is 23.9 Å². The predicted molar refractivity (Wildman–Crippen MR) is 195 cm³/mol. The van der Waals surface area contributed by atoms with Gasteiger partial charge in [0, 0.05) is 44.3 Å². The van der Waals surface area contributed by atoms with Gasteiger partial charge in [-0.25, -0.2) is 4.79 Å². The van der Waals surface area contributed by atoms with E-state index in [9.17, 15) is 44.7 Å². The zero-order chi connectivity index (χ0) is 41.3. The number of nitrogens with zero attached hydrogens (tertiary/aromatic N) is 1. The molecule has 0 radical (unpaired) electrons. The Hall–Kier alpha value is -2.40. The highest BCUT2D eigenvalue weighted by Crippen LogP contribution is 2.78. The van der Waals surface area contributed by atoms with Gasteiger partial charge in [-0.15, -0.1) is 0 Å². The third-order valence-electron chi connectivity index (χ3n) is 16.0. The van der Waals surface area contributed by atoms with Crippen molar-refractivity contribution in [1.82, 2.24) is 4.90 Å². The maximum atomic E-state index is 13.9. The molecule has 4 aliphatic carbocycles. The normalized spacial score (nSPS) is 50.5. The first kappa shape index (κ1) is 41.7. The number of carbonyl (C=O) groups excluding carboxylic acids is 4. The molecule has 1 spiro atoms. The molecule has 0 aromatic carbocycles. The van der Waals surface area contributed by atoms with Crippen LogP contribution in [0.15, 0.2) is 0 Å². The van der Waals surface area contributed by atoms with Crippen molar-refractivity contribution in [3.05, 3.63) is 0 Å². The van der Waals surface area contributed by atoms with Crippen molar-refractivity contribution in [1.29, 1.82) is 0 Å². The number of aliphatic hydroxyl groups is 5. The lowest BCUT2D eigenvalue weighted by Crippen LogP contribution is -2.78. The SMILES string of the molecule is CC[C@@H](C)C(=O)O[C@H]1[C@H](O)[C@H]2[C@@H](CN3C[C@@H](C)CC[C@H]3[C@@]2(C)O)[C@@H]2C[C@@]34OC5(O)[C@@H](OC(=O)[C@@](C)(O)CC)CC[C@@]3(C)[C@@H]5[C@@H](OC(C)=O)[C@@H](OC(C)=O)[C@H]4[C@@]21O. The first-order valence-electron chi connectivity index (χ1n) is 20.7. The molecule has 7 fully saturated rings. The second-order valence-electron chi connectivity index (χ2n) is 19.2. The van der Waals surface area contributed by atoms with Crippen molar-refractivity contribution in [2.75, 3.05) is 13.1 Å². The van der Waals surface area contributed by atoms with Crippen molar-refractivity contribution in [2.45, 2.75) is 172 Å². The third kappa shape index (κ3) is 5.60. The monoisotopic (exact) mass is 793 g/mol. The number of esters is 4. The van der Waals surface area contributed by atoms with Gasteiger partial charge in [0.25, 0.3) is 0 Å². The molecule has 5 N–H and O–H groups in total. The zero-order valence-corrected chi connectivity index (χ0v) is 34.2. The highest BCUT2D eigenvalue weighted by atomic mass is 16.7. The minimum Gasteiger partial charge on any atom is -0.458 e. The van der Waals surface area contributed by atoms with Gasteiger partial charge in [-0.2, -0.15) is 0 Å². The van der Waals surface area contributed by atoms with E-state index in [2.05, 4.69) is 11.8 Å². The molecule has 7 rings (SSSR count). The summed E-state index contributed by atoms with van der Waals surface area (Å²) in [5.41, 5.74) is -8.37. The fourth-order valence-electron chi connectivity index (χ4n) is 13.1. The van der Waals surface area contributed by atoms with Crippen molar-refractivity contribution in [2.24, 2.45) is 46.8 Å². The number of aliphatic hydroxyl groups excluding tert-OH is 1. The maximum absolute atomic E-state index is 13.9. The molecule has 15 heteroatoms. The van der Waals surface area contributed by atoms with E-state index >= 15 is 0 Å². The Kier molecular flexibility index (Phi) is 10.1. The second-order valence-corrected chi connectivity index (χ2v) is 19.2. The molecule has 56 heavy (non-hydrogen) atoms. The predicted octanol–water partition coefficient (Wildman–Crippen LogP) is 1.61. The lowest BCUT2D eigenvalue weighted by atomic mass is 9.48. The van der Waals surface area contributed by atoms with Crippen LogP contribution in [0.3, 0.4) is 0 Å². The number of piperidine rings is 2. The molecule has 1 unspecified atom stereocenters. The average molecular weight is 794 g/mol. The Balaban J connectivity index is 1.45. The van der Waals surface area contributed by atoms with Crippen LogP contribution < -0.4 is 0 Å². The molecule has 3 saturated heterocycles. The molecule has 4 saturated carbocycles. The number of hydrogen-bond acceptors (Lipinski definition) is 15. The van der Waals surface area contributed by atoms with E-state index in [-0.39, 0.29) is 31.7 Å². The standard InChI is InChI=1S/C41H63NO14/c1-10-20(4)34(46)55-33-28(45)27-23(18-42-17-19(3)12-13-25(42)38(27,9)49)24-16-39-32(40(24,33)50)30(53-22(6)44)29(52-21(5)43)31-36(39,7)15-14-26(41(31,51)56-39)54-35(47)37(8,48)11-2/h19-20,23-33,45,48-51H,10-18H2,1-9H3/t19-,20+,23-,24-,25-,26-,27+,28+,29-,30+,31-,32+,33-,36-,37-,38+,39-,40-,41?/m0/s1. The van der Waals surface area contributed by atoms with Crippen molar-refractivity contribution < 1.29 is 68.4 Å². The third-order valence-corrected chi connectivity index (χ3v) is 16.0. The van der Waals surface area contributed by atoms with Gasteiger partial charge in [-0.3, -0.25) is 19.3 Å². The van der Waals surface area contributed by atoms with Crippen LogP contribution in [-0.2, 0) is 42.9 Å². The van der Waals surface area contributed by atoms with E-state index in [1.165, 1.54) is 20.8 Å². The molecular weight excluding hydrogens is 730 g/mol. The maximum Gasteiger partial charge on any atom is 0.338 e. The number of rotatable bonds is 8. The number of ether oxygens (including phenoxy) is 5. The van der Waals surface area contributed by atoms with Crippen molar-refractivity contribution in [3.8, 4) is 0 Å². The van der Waals surface area contributed by atoms with E-state index in [0.29, 0.717) is 31.8 Å². The van der Waals surface area contributed by atoms with Crippen LogP contribution in [0.5, 0.6) is 0 Å². The lowest BCUT2D eigenvalue weighted by Gasteiger charge is -2.64. The fraction of sp³-hybridized carbons (Fsp3) is 0.902. The first-order chi connectivity index (χ1) is 26.0. The summed E-state index contributed by atoms with van der Waals surface area (Å²) in [6.45, 7) is 15.5. The Bertz CT molecular complexity index is 1620. The largest absolute Gasteiger partial charge is 0.458 e. The summed E-state index contributed by atoms with van der Waals surface area (Å²) in [7, 11) is 0. The molecule has 3 aliphatic heterocycles. The van der Waals surface area contributed by atoms with Gasteiger partial charge in [-0.05, 0) is 76.5 Å². The van der Waals surface area contributed by atoms with Gasteiger partial charge < -0.3 is 49.2 Å². The van der Waals surface area contributed by atoms with Crippen LogP contribution in [0, 0.1) is 46.8 Å². The molecule has 19 atom stereocenters. The quantitative estimate of drug-likeness (QED) is 0.174. The van der Waals surface area contributed by atoms with Crippen molar-refractivity contribution in [3.63, 3.8) is 0 Å². The lowest BCUT2D eigenvalue weighted by molar-refractivity contribution is -0.301. The Morgan fingerprint density at radius 2 is 1.55 bits per heavy atom. The highest BCUT2D eigenvalue weighted by Gasteiger charge is 2.90. The molecule has 0 aromatic heterocycles. The molecular formula is C41H63NO14. The minimum absolute atomic E-state index is 0.0107. The Morgan fingerprint density at radius 3 is 2.14 bits per heavy atom. The number of hydrogen-bond donors (Lipinski definition) is 5. The number of fused-ring (bicyclic) bond motifs is 5. The summed E-state index contributed by atoms with van der Waals surface area (Å²) >= 11 is 0. The highest BCUT2D eigenvalue weighted by molar-refractivity contribution is 5.79. The van der Waals surface area contributed by atoms with E-state index in [4.69, 9.17) is 23.7 Å². The van der Waals surface area contributed by atoms with E-state index in [0.717, 1.165) is 6.42 Å². The molecule has 0 aromatic rings. The molecule has 3 heterocycles. The molecule has 7 aliphatic rings. The smallest absolute Gasteiger partial charge is 0.338 e. The van der Waals surface area contributed by atoms with Crippen LogP contribution in [-0.4, -0.2) is 132 Å². The van der Waals surface area contributed by atoms with E-state index in [1.807, 2.05) is 13.8 Å².